The second-order valence-electron chi connectivity index (χ2n) is 5.68. The average Bonchev–Trinajstić information content (AvgIpc) is 2.95. The molecule has 3 aromatic rings. The number of ketones is 1. The van der Waals surface area contributed by atoms with E-state index in [9.17, 15) is 14.4 Å². The first kappa shape index (κ1) is 19.5. The van der Waals surface area contributed by atoms with Gasteiger partial charge in [-0.1, -0.05) is 23.2 Å². The average molecular weight is 425 g/mol. The second kappa shape index (κ2) is 7.80. The molecule has 0 amide bonds. The molecule has 0 atom stereocenters. The summed E-state index contributed by atoms with van der Waals surface area (Å²) in [5, 5.41) is 0.934. The number of thiophene rings is 1. The molecule has 0 spiro atoms. The highest BCUT2D eigenvalue weighted by molar-refractivity contribution is 7.20. The third-order valence-corrected chi connectivity index (χ3v) is 5.65. The Morgan fingerprint density at radius 1 is 1.30 bits per heavy atom. The van der Waals surface area contributed by atoms with Crippen LogP contribution in [-0.4, -0.2) is 27.9 Å². The minimum absolute atomic E-state index is 0.214. The van der Waals surface area contributed by atoms with Crippen LogP contribution >= 0.6 is 34.5 Å². The van der Waals surface area contributed by atoms with Crippen molar-refractivity contribution in [3.63, 3.8) is 0 Å². The molecule has 27 heavy (non-hydrogen) atoms. The molecular weight excluding hydrogens is 411 g/mol. The molecule has 0 N–H and O–H groups in total. The minimum atomic E-state index is -0.493. The van der Waals surface area contributed by atoms with Crippen molar-refractivity contribution >= 4 is 56.5 Å². The van der Waals surface area contributed by atoms with Crippen LogP contribution < -0.4 is 5.56 Å². The molecule has 3 rings (SSSR count). The summed E-state index contributed by atoms with van der Waals surface area (Å²) in [6.45, 7) is 3.38. The number of aryl methyl sites for hydroxylation is 1. The summed E-state index contributed by atoms with van der Waals surface area (Å²) >= 11 is 13.0. The number of carbonyl (C=O) groups excluding carboxylic acids is 2. The lowest BCUT2D eigenvalue weighted by Crippen LogP contribution is -2.24. The van der Waals surface area contributed by atoms with E-state index >= 15 is 0 Å². The number of hydrogen-bond donors (Lipinski definition) is 0. The van der Waals surface area contributed by atoms with Gasteiger partial charge in [0.15, 0.2) is 5.78 Å². The number of hydrogen-bond acceptors (Lipinski definition) is 6. The highest BCUT2D eigenvalue weighted by atomic mass is 35.5. The smallest absolute Gasteiger partial charge is 0.348 e. The number of nitrogens with zero attached hydrogens (tertiary/aromatic N) is 2. The molecule has 0 aliphatic rings. The van der Waals surface area contributed by atoms with Gasteiger partial charge >= 0.3 is 5.97 Å². The first-order valence-electron chi connectivity index (χ1n) is 7.97. The molecule has 0 bridgehead atoms. The van der Waals surface area contributed by atoms with E-state index in [-0.39, 0.29) is 29.5 Å². The Morgan fingerprint density at radius 2 is 2.04 bits per heavy atom. The van der Waals surface area contributed by atoms with Crippen LogP contribution in [-0.2, 0) is 11.3 Å². The maximum atomic E-state index is 12.8. The molecule has 6 nitrogen and oxygen atoms in total. The largest absolute Gasteiger partial charge is 0.462 e. The zero-order chi connectivity index (χ0) is 19.7. The minimum Gasteiger partial charge on any atom is -0.462 e. The van der Waals surface area contributed by atoms with Crippen LogP contribution in [0.25, 0.3) is 10.2 Å². The van der Waals surface area contributed by atoms with Crippen LogP contribution in [0.2, 0.25) is 10.0 Å². The molecule has 0 radical (unpaired) electrons. The van der Waals surface area contributed by atoms with Crippen molar-refractivity contribution in [1.82, 2.24) is 9.55 Å². The number of halogens is 2. The molecule has 2 heterocycles. The summed E-state index contributed by atoms with van der Waals surface area (Å²) < 4.78 is 6.21. The summed E-state index contributed by atoms with van der Waals surface area (Å²) in [5.74, 6) is -0.841. The molecule has 0 saturated heterocycles. The quantitative estimate of drug-likeness (QED) is 0.454. The van der Waals surface area contributed by atoms with Gasteiger partial charge in [-0.25, -0.2) is 9.78 Å². The monoisotopic (exact) mass is 424 g/mol. The van der Waals surface area contributed by atoms with Gasteiger partial charge in [-0.05, 0) is 37.6 Å². The van der Waals surface area contributed by atoms with Gasteiger partial charge in [-0.3, -0.25) is 14.2 Å². The number of esters is 1. The van der Waals surface area contributed by atoms with Gasteiger partial charge in [-0.15, -0.1) is 11.3 Å². The number of benzene rings is 1. The van der Waals surface area contributed by atoms with Crippen molar-refractivity contribution in [2.24, 2.45) is 0 Å². The number of rotatable bonds is 5. The van der Waals surface area contributed by atoms with Crippen LogP contribution in [0.4, 0.5) is 0 Å². The van der Waals surface area contributed by atoms with E-state index in [1.165, 1.54) is 23.0 Å². The van der Waals surface area contributed by atoms with Crippen molar-refractivity contribution in [1.29, 1.82) is 0 Å². The van der Waals surface area contributed by atoms with Gasteiger partial charge in [0, 0.05) is 10.6 Å². The predicted molar refractivity (Wildman–Crippen MR) is 105 cm³/mol. The number of Topliss-reactive ketones (excluding diaryl/α,β-unsaturated/α-hetero) is 1. The molecule has 0 fully saturated rings. The Morgan fingerprint density at radius 3 is 2.70 bits per heavy atom. The van der Waals surface area contributed by atoms with E-state index in [4.69, 9.17) is 27.9 Å². The molecule has 9 heteroatoms. The lowest BCUT2D eigenvalue weighted by molar-refractivity contribution is 0.0531. The third kappa shape index (κ3) is 3.76. The van der Waals surface area contributed by atoms with E-state index < -0.39 is 11.5 Å². The standard InChI is InChI=1S/C18H14Cl2N2O4S/c1-3-26-18(25)15-9(2)14-16(27-15)21-8-22(17(14)24)7-13(23)11-5-4-10(19)6-12(11)20/h4-6,8H,3,7H2,1-2H3. The zero-order valence-electron chi connectivity index (χ0n) is 14.4. The second-order valence-corrected chi connectivity index (χ2v) is 7.52. The molecule has 0 aliphatic carbocycles. The van der Waals surface area contributed by atoms with Crippen molar-refractivity contribution in [3.8, 4) is 0 Å². The van der Waals surface area contributed by atoms with Crippen molar-refractivity contribution in [3.05, 3.63) is 60.9 Å². The van der Waals surface area contributed by atoms with Gasteiger partial charge in [-0.2, -0.15) is 0 Å². The summed E-state index contributed by atoms with van der Waals surface area (Å²) in [6, 6.07) is 4.54. The molecular formula is C18H14Cl2N2O4S. The van der Waals surface area contributed by atoms with Gasteiger partial charge in [0.25, 0.3) is 5.56 Å². The summed E-state index contributed by atoms with van der Waals surface area (Å²) in [7, 11) is 0. The molecule has 2 aromatic heterocycles. The van der Waals surface area contributed by atoms with Crippen molar-refractivity contribution < 1.29 is 14.3 Å². The Hall–Kier alpha value is -2.22. The first-order chi connectivity index (χ1) is 12.8. The first-order valence-corrected chi connectivity index (χ1v) is 9.54. The summed E-state index contributed by atoms with van der Waals surface area (Å²) in [6.07, 6.45) is 1.29. The zero-order valence-corrected chi connectivity index (χ0v) is 16.7. The predicted octanol–water partition coefficient (Wildman–Crippen LogP) is 4.13. The maximum absolute atomic E-state index is 12.8. The summed E-state index contributed by atoms with van der Waals surface area (Å²) in [4.78, 5) is 42.4. The lowest BCUT2D eigenvalue weighted by atomic mass is 10.1. The van der Waals surface area contributed by atoms with Gasteiger partial charge < -0.3 is 4.74 Å². The van der Waals surface area contributed by atoms with Crippen molar-refractivity contribution in [2.75, 3.05) is 6.61 Å². The summed E-state index contributed by atoms with van der Waals surface area (Å²) in [5.41, 5.74) is 0.363. The third-order valence-electron chi connectivity index (χ3n) is 3.92. The Balaban J connectivity index is 2.00. The molecule has 1 aromatic carbocycles. The van der Waals surface area contributed by atoms with Crippen molar-refractivity contribution in [2.45, 2.75) is 20.4 Å². The Labute approximate surface area is 168 Å². The molecule has 0 unspecified atom stereocenters. The Bertz CT molecular complexity index is 1120. The molecule has 0 aliphatic heterocycles. The van der Waals surface area contributed by atoms with E-state index in [0.29, 0.717) is 25.7 Å². The fourth-order valence-electron chi connectivity index (χ4n) is 2.62. The van der Waals surface area contributed by atoms with E-state index in [1.54, 1.807) is 19.9 Å². The number of aromatic nitrogens is 2. The van der Waals surface area contributed by atoms with E-state index in [0.717, 1.165) is 11.3 Å². The van der Waals surface area contributed by atoms with E-state index in [2.05, 4.69) is 4.98 Å². The molecule has 140 valence electrons. The van der Waals surface area contributed by atoms with Crippen LogP contribution in [0.15, 0.2) is 29.3 Å². The maximum Gasteiger partial charge on any atom is 0.348 e. The highest BCUT2D eigenvalue weighted by Gasteiger charge is 2.21. The highest BCUT2D eigenvalue weighted by Crippen LogP contribution is 2.27. The van der Waals surface area contributed by atoms with E-state index in [1.807, 2.05) is 0 Å². The fourth-order valence-corrected chi connectivity index (χ4v) is 4.17. The van der Waals surface area contributed by atoms with Crippen LogP contribution in [0, 0.1) is 6.92 Å². The number of ether oxygens (including phenoxy) is 1. The van der Waals surface area contributed by atoms with Crippen LogP contribution in [0.3, 0.4) is 0 Å². The van der Waals surface area contributed by atoms with Gasteiger partial charge in [0.05, 0.1) is 29.9 Å². The number of carbonyl (C=O) groups is 2. The van der Waals surface area contributed by atoms with Crippen LogP contribution in [0.5, 0.6) is 0 Å². The SMILES string of the molecule is CCOC(=O)c1sc2ncn(CC(=O)c3ccc(Cl)cc3Cl)c(=O)c2c1C. The lowest BCUT2D eigenvalue weighted by Gasteiger charge is -2.07. The van der Waals surface area contributed by atoms with Gasteiger partial charge in [0.1, 0.15) is 9.71 Å². The fraction of sp³-hybridized carbons (Fsp3) is 0.222. The number of fused-ring (bicyclic) bond motifs is 1. The topological polar surface area (TPSA) is 78.3 Å². The van der Waals surface area contributed by atoms with Crippen LogP contribution in [0.1, 0.15) is 32.5 Å². The normalized spacial score (nSPS) is 11.0. The Kier molecular flexibility index (Phi) is 5.64. The molecule has 0 saturated carbocycles. The van der Waals surface area contributed by atoms with Gasteiger partial charge in [0.2, 0.25) is 0 Å².